The zero-order chi connectivity index (χ0) is 23.7. The highest BCUT2D eigenvalue weighted by Crippen LogP contribution is 2.42. The third-order valence-electron chi connectivity index (χ3n) is 5.31. The summed E-state index contributed by atoms with van der Waals surface area (Å²) >= 11 is 0.866. The molecule has 0 spiro atoms. The predicted molar refractivity (Wildman–Crippen MR) is 111 cm³/mol. The molecule has 0 aromatic carbocycles. The summed E-state index contributed by atoms with van der Waals surface area (Å²) in [5.74, 6) is -0.459. The normalized spacial score (nSPS) is 18.4. The quantitative estimate of drug-likeness (QED) is 0.510. The zero-order valence-corrected chi connectivity index (χ0v) is 18.3. The molecule has 1 aliphatic heterocycles. The van der Waals surface area contributed by atoms with E-state index in [1.54, 1.807) is 26.0 Å². The number of anilines is 2. The Kier molecular flexibility index (Phi) is 6.56. The van der Waals surface area contributed by atoms with Crippen LogP contribution in [0.5, 0.6) is 0 Å². The van der Waals surface area contributed by atoms with Crippen LogP contribution in [-0.2, 0) is 27.0 Å². The van der Waals surface area contributed by atoms with Crippen LogP contribution in [0.2, 0.25) is 0 Å². The molecular formula is C20H21F3N4O4S. The molecule has 0 saturated carbocycles. The Morgan fingerprint density at radius 1 is 1.38 bits per heavy atom. The highest BCUT2D eigenvalue weighted by Gasteiger charge is 2.50. The monoisotopic (exact) mass is 470 g/mol. The van der Waals surface area contributed by atoms with Crippen molar-refractivity contribution in [2.24, 2.45) is 0 Å². The Labute approximate surface area is 186 Å². The van der Waals surface area contributed by atoms with Crippen LogP contribution in [0, 0.1) is 0 Å². The van der Waals surface area contributed by atoms with Gasteiger partial charge in [-0.25, -0.2) is 9.78 Å². The Morgan fingerprint density at radius 2 is 2.09 bits per heavy atom. The summed E-state index contributed by atoms with van der Waals surface area (Å²) in [6, 6.07) is 3.36. The number of methoxy groups -OCH3 is 1. The first-order chi connectivity index (χ1) is 15.0. The Bertz CT molecular complexity index is 1020. The van der Waals surface area contributed by atoms with Gasteiger partial charge in [0, 0.05) is 23.7 Å². The van der Waals surface area contributed by atoms with E-state index >= 15 is 0 Å². The molecule has 8 nitrogen and oxygen atoms in total. The lowest BCUT2D eigenvalue weighted by molar-refractivity contribution is -0.137. The first-order valence-corrected chi connectivity index (χ1v) is 10.3. The smallest absolute Gasteiger partial charge is 0.417 e. The van der Waals surface area contributed by atoms with E-state index in [0.717, 1.165) is 28.3 Å². The minimum atomic E-state index is -4.51. The Balaban J connectivity index is 1.90. The van der Waals surface area contributed by atoms with E-state index in [9.17, 15) is 27.6 Å². The van der Waals surface area contributed by atoms with E-state index in [-0.39, 0.29) is 23.8 Å². The summed E-state index contributed by atoms with van der Waals surface area (Å²) in [7, 11) is 1.22. The number of Topliss-reactive ketones (excluding diaryl/α,β-unsaturated/α-hetero) is 1. The van der Waals surface area contributed by atoms with Crippen LogP contribution < -0.4 is 10.2 Å². The van der Waals surface area contributed by atoms with Gasteiger partial charge in [-0.05, 0) is 37.6 Å². The maximum atomic E-state index is 13.1. The van der Waals surface area contributed by atoms with Crippen molar-refractivity contribution < 1.29 is 32.3 Å². The molecule has 3 heterocycles. The summed E-state index contributed by atoms with van der Waals surface area (Å²) in [6.45, 7) is 3.93. The second kappa shape index (κ2) is 8.87. The molecule has 1 saturated heterocycles. The second-order valence-corrected chi connectivity index (χ2v) is 8.61. The van der Waals surface area contributed by atoms with Gasteiger partial charge >= 0.3 is 12.3 Å². The molecule has 2 aromatic rings. The number of ketones is 1. The van der Waals surface area contributed by atoms with Gasteiger partial charge in [0.1, 0.15) is 11.9 Å². The topological polar surface area (TPSA) is 91.8 Å². The number of alkyl halides is 3. The van der Waals surface area contributed by atoms with Gasteiger partial charge in [0.15, 0.2) is 6.29 Å². The van der Waals surface area contributed by atoms with Crippen LogP contribution in [0.4, 0.5) is 28.8 Å². The number of rotatable bonds is 6. The molecular weight excluding hydrogens is 449 g/mol. The summed E-state index contributed by atoms with van der Waals surface area (Å²) in [6.07, 6.45) is -3.50. The number of amides is 1. The van der Waals surface area contributed by atoms with Crippen LogP contribution in [-0.4, -0.2) is 53.4 Å². The molecule has 2 aromatic heterocycles. The van der Waals surface area contributed by atoms with Gasteiger partial charge in [-0.2, -0.15) is 13.2 Å². The van der Waals surface area contributed by atoms with Gasteiger partial charge in [-0.3, -0.25) is 19.8 Å². The molecule has 3 rings (SSSR count). The van der Waals surface area contributed by atoms with Crippen molar-refractivity contribution in [2.75, 3.05) is 24.0 Å². The molecule has 1 amide bonds. The number of carbonyl (C=O) groups excluding carboxylic acids is 3. The van der Waals surface area contributed by atoms with Crippen molar-refractivity contribution in [1.82, 2.24) is 9.88 Å². The number of halogens is 3. The van der Waals surface area contributed by atoms with Crippen LogP contribution in [0.25, 0.3) is 0 Å². The van der Waals surface area contributed by atoms with Crippen LogP contribution in [0.3, 0.4) is 0 Å². The lowest BCUT2D eigenvalue weighted by Crippen LogP contribution is -2.51. The van der Waals surface area contributed by atoms with E-state index in [2.05, 4.69) is 15.0 Å². The number of nitrogens with one attached hydrogen (secondary N) is 1. The number of nitrogens with zero attached hydrogens (tertiary/aromatic N) is 3. The van der Waals surface area contributed by atoms with Crippen molar-refractivity contribution in [3.63, 3.8) is 0 Å². The molecule has 1 atom stereocenters. The Hall–Kier alpha value is -2.99. The molecule has 0 bridgehead atoms. The third-order valence-corrected chi connectivity index (χ3v) is 6.28. The van der Waals surface area contributed by atoms with Gasteiger partial charge in [0.25, 0.3) is 0 Å². The molecule has 32 heavy (non-hydrogen) atoms. The maximum Gasteiger partial charge on any atom is 0.417 e. The molecule has 0 aliphatic carbocycles. The number of ether oxygens (including phenoxy) is 1. The van der Waals surface area contributed by atoms with E-state index < -0.39 is 35.2 Å². The number of hydrogen-bond donors (Lipinski definition) is 1. The fourth-order valence-corrected chi connectivity index (χ4v) is 4.60. The standard InChI is InChI=1S/C20H21F3N4O4S/c1-19(2)17(14(29)9-28)27(16-7-13(10-32-16)20(21,22)23)11-26(19)8-12-4-5-24-15(6-12)25-18(30)31-3/h4-7,9-10,17H,8,11H2,1-3H3,(H,24,25,30). The van der Waals surface area contributed by atoms with Crippen molar-refractivity contribution in [3.8, 4) is 0 Å². The Morgan fingerprint density at radius 3 is 2.69 bits per heavy atom. The molecule has 1 N–H and O–H groups in total. The van der Waals surface area contributed by atoms with Crippen LogP contribution in [0.1, 0.15) is 25.0 Å². The van der Waals surface area contributed by atoms with E-state index in [1.165, 1.54) is 18.2 Å². The highest BCUT2D eigenvalue weighted by molar-refractivity contribution is 7.14. The van der Waals surface area contributed by atoms with Crippen molar-refractivity contribution >= 4 is 40.3 Å². The predicted octanol–water partition coefficient (Wildman–Crippen LogP) is 3.54. The molecule has 172 valence electrons. The SMILES string of the molecule is COC(=O)Nc1cc(CN2CN(c3cc(C(F)(F)F)cs3)C(C(=O)C=O)C2(C)C)ccn1. The van der Waals surface area contributed by atoms with Crippen LogP contribution in [0.15, 0.2) is 29.8 Å². The molecule has 0 radical (unpaired) electrons. The fourth-order valence-electron chi connectivity index (χ4n) is 3.66. The third kappa shape index (κ3) is 4.75. The number of thiophene rings is 1. The van der Waals surface area contributed by atoms with Crippen molar-refractivity contribution in [3.05, 3.63) is 40.9 Å². The van der Waals surface area contributed by atoms with Gasteiger partial charge in [-0.15, -0.1) is 11.3 Å². The fraction of sp³-hybridized carbons (Fsp3) is 0.400. The average molecular weight is 470 g/mol. The van der Waals surface area contributed by atoms with Gasteiger partial charge in [0.05, 0.1) is 24.3 Å². The maximum absolute atomic E-state index is 13.1. The molecule has 12 heteroatoms. The summed E-state index contributed by atoms with van der Waals surface area (Å²) in [5, 5.41) is 3.69. The average Bonchev–Trinajstić information content (AvgIpc) is 3.31. The van der Waals surface area contributed by atoms with Gasteiger partial charge in [-0.1, -0.05) is 0 Å². The minimum absolute atomic E-state index is 0.122. The lowest BCUT2D eigenvalue weighted by Gasteiger charge is -2.34. The zero-order valence-electron chi connectivity index (χ0n) is 17.5. The number of hydrogen-bond acceptors (Lipinski definition) is 8. The van der Waals surface area contributed by atoms with Crippen molar-refractivity contribution in [2.45, 2.75) is 38.1 Å². The molecule has 1 unspecified atom stereocenters. The number of aldehydes is 1. The number of aromatic nitrogens is 1. The highest BCUT2D eigenvalue weighted by atomic mass is 32.1. The largest absolute Gasteiger partial charge is 0.453 e. The van der Waals surface area contributed by atoms with E-state index in [0.29, 0.717) is 6.54 Å². The van der Waals surface area contributed by atoms with E-state index in [1.807, 2.05) is 4.90 Å². The summed E-state index contributed by atoms with van der Waals surface area (Å²) in [4.78, 5) is 42.7. The summed E-state index contributed by atoms with van der Waals surface area (Å²) < 4.78 is 43.8. The lowest BCUT2D eigenvalue weighted by atomic mass is 9.91. The first kappa shape index (κ1) is 23.7. The first-order valence-electron chi connectivity index (χ1n) is 9.43. The van der Waals surface area contributed by atoms with Crippen LogP contribution >= 0.6 is 11.3 Å². The van der Waals surface area contributed by atoms with Gasteiger partial charge in [0.2, 0.25) is 5.78 Å². The minimum Gasteiger partial charge on any atom is -0.453 e. The summed E-state index contributed by atoms with van der Waals surface area (Å²) in [5.41, 5.74) is -0.945. The second-order valence-electron chi connectivity index (χ2n) is 7.72. The molecule has 1 aliphatic rings. The van der Waals surface area contributed by atoms with E-state index in [4.69, 9.17) is 0 Å². The van der Waals surface area contributed by atoms with Gasteiger partial charge < -0.3 is 9.64 Å². The molecule has 1 fully saturated rings. The van der Waals surface area contributed by atoms with Crippen molar-refractivity contribution in [1.29, 1.82) is 0 Å². The number of pyridine rings is 1. The number of carbonyl (C=O) groups is 3.